The minimum Gasteiger partial charge on any atom is -0.490 e. The lowest BCUT2D eigenvalue weighted by atomic mass is 10.1. The molecule has 2 rings (SSSR count). The van der Waals surface area contributed by atoms with Crippen LogP contribution in [0.15, 0.2) is 36.4 Å². The number of benzene rings is 2. The SMILES string of the molecule is CCOc1cc(C(=O)NCC#Cc2ccc(NC(C)=O)cc2)cc(OCC)c1OCC. The van der Waals surface area contributed by atoms with Gasteiger partial charge in [0, 0.05) is 23.7 Å². The van der Waals surface area contributed by atoms with Crippen LogP contribution in [0.4, 0.5) is 5.69 Å². The highest BCUT2D eigenvalue weighted by molar-refractivity contribution is 5.95. The molecule has 0 spiro atoms. The van der Waals surface area contributed by atoms with E-state index in [0.29, 0.717) is 48.3 Å². The first kappa shape index (κ1) is 23.6. The number of hydrogen-bond donors (Lipinski definition) is 2. The molecular weight excluding hydrogens is 396 g/mol. The molecule has 2 amide bonds. The second kappa shape index (κ2) is 12.1. The van der Waals surface area contributed by atoms with Gasteiger partial charge in [0.1, 0.15) is 0 Å². The van der Waals surface area contributed by atoms with Gasteiger partial charge in [-0.1, -0.05) is 11.8 Å². The van der Waals surface area contributed by atoms with E-state index in [1.54, 1.807) is 36.4 Å². The van der Waals surface area contributed by atoms with Crippen LogP contribution >= 0.6 is 0 Å². The Hall–Kier alpha value is -3.66. The number of hydrogen-bond acceptors (Lipinski definition) is 5. The summed E-state index contributed by atoms with van der Waals surface area (Å²) >= 11 is 0. The summed E-state index contributed by atoms with van der Waals surface area (Å²) in [6.45, 7) is 8.54. The van der Waals surface area contributed by atoms with Gasteiger partial charge < -0.3 is 24.8 Å². The fourth-order valence-electron chi connectivity index (χ4n) is 2.73. The Morgan fingerprint density at radius 2 is 1.48 bits per heavy atom. The molecule has 2 aromatic carbocycles. The number of amides is 2. The van der Waals surface area contributed by atoms with E-state index in [2.05, 4.69) is 22.5 Å². The quantitative estimate of drug-likeness (QED) is 0.601. The Labute approximate surface area is 183 Å². The first-order chi connectivity index (χ1) is 15.0. The first-order valence-electron chi connectivity index (χ1n) is 10.2. The van der Waals surface area contributed by atoms with Crippen molar-refractivity contribution in [2.24, 2.45) is 0 Å². The molecule has 31 heavy (non-hydrogen) atoms. The number of ether oxygens (including phenoxy) is 3. The third kappa shape index (κ3) is 7.27. The van der Waals surface area contributed by atoms with Crippen LogP contribution in [0.1, 0.15) is 43.6 Å². The summed E-state index contributed by atoms with van der Waals surface area (Å²) in [6.07, 6.45) is 0. The maximum absolute atomic E-state index is 12.6. The predicted octanol–water partition coefficient (Wildman–Crippen LogP) is 3.62. The van der Waals surface area contributed by atoms with Crippen molar-refractivity contribution in [1.29, 1.82) is 0 Å². The summed E-state index contributed by atoms with van der Waals surface area (Å²) in [6, 6.07) is 10.4. The second-order valence-corrected chi connectivity index (χ2v) is 6.34. The molecular formula is C24H28N2O5. The van der Waals surface area contributed by atoms with Crippen molar-refractivity contribution in [3.05, 3.63) is 47.5 Å². The van der Waals surface area contributed by atoms with Crippen LogP contribution in [-0.4, -0.2) is 38.2 Å². The molecule has 0 fully saturated rings. The van der Waals surface area contributed by atoms with Crippen molar-refractivity contribution in [1.82, 2.24) is 5.32 Å². The molecule has 164 valence electrons. The Kier molecular flexibility index (Phi) is 9.24. The van der Waals surface area contributed by atoms with Crippen LogP contribution in [0.2, 0.25) is 0 Å². The van der Waals surface area contributed by atoms with E-state index in [1.165, 1.54) is 6.92 Å². The Morgan fingerprint density at radius 3 is 2.00 bits per heavy atom. The number of carbonyl (C=O) groups excluding carboxylic acids is 2. The van der Waals surface area contributed by atoms with Crippen molar-refractivity contribution >= 4 is 17.5 Å². The van der Waals surface area contributed by atoms with Gasteiger partial charge in [0.2, 0.25) is 11.7 Å². The smallest absolute Gasteiger partial charge is 0.252 e. The lowest BCUT2D eigenvalue weighted by molar-refractivity contribution is -0.114. The molecule has 0 bridgehead atoms. The topological polar surface area (TPSA) is 85.9 Å². The molecule has 2 N–H and O–H groups in total. The Morgan fingerprint density at radius 1 is 0.903 bits per heavy atom. The monoisotopic (exact) mass is 424 g/mol. The number of rotatable bonds is 9. The highest BCUT2D eigenvalue weighted by Gasteiger charge is 2.18. The second-order valence-electron chi connectivity index (χ2n) is 6.34. The average Bonchev–Trinajstić information content (AvgIpc) is 2.74. The van der Waals surface area contributed by atoms with Crippen LogP contribution in [0.3, 0.4) is 0 Å². The van der Waals surface area contributed by atoms with E-state index in [9.17, 15) is 9.59 Å². The van der Waals surface area contributed by atoms with Crippen LogP contribution in [0.25, 0.3) is 0 Å². The standard InChI is InChI=1S/C24H28N2O5/c1-5-29-21-15-19(16-22(30-6-2)23(21)31-7-3)24(28)25-14-8-9-18-10-12-20(13-11-18)26-17(4)27/h10-13,15-16H,5-7,14H2,1-4H3,(H,25,28)(H,26,27). The average molecular weight is 424 g/mol. The van der Waals surface area contributed by atoms with Gasteiger partial charge in [-0.15, -0.1) is 0 Å². The third-order valence-electron chi connectivity index (χ3n) is 3.95. The fourth-order valence-corrected chi connectivity index (χ4v) is 2.73. The molecule has 0 heterocycles. The summed E-state index contributed by atoms with van der Waals surface area (Å²) in [4.78, 5) is 23.7. The molecule has 0 aliphatic heterocycles. The Bertz CT molecular complexity index is 931. The van der Waals surface area contributed by atoms with Crippen LogP contribution in [0, 0.1) is 11.8 Å². The van der Waals surface area contributed by atoms with Crippen LogP contribution in [-0.2, 0) is 4.79 Å². The number of carbonyl (C=O) groups is 2. The summed E-state index contributed by atoms with van der Waals surface area (Å²) in [7, 11) is 0. The minimum atomic E-state index is -0.291. The van der Waals surface area contributed by atoms with Crippen molar-refractivity contribution in [2.45, 2.75) is 27.7 Å². The molecule has 0 aromatic heterocycles. The summed E-state index contributed by atoms with van der Waals surface area (Å²) in [5.74, 6) is 6.89. The molecule has 0 saturated carbocycles. The lowest BCUT2D eigenvalue weighted by Gasteiger charge is -2.16. The number of anilines is 1. The van der Waals surface area contributed by atoms with Crippen molar-refractivity contribution in [3.63, 3.8) is 0 Å². The molecule has 0 unspecified atom stereocenters. The maximum Gasteiger partial charge on any atom is 0.252 e. The van der Waals surface area contributed by atoms with E-state index in [4.69, 9.17) is 14.2 Å². The van der Waals surface area contributed by atoms with Gasteiger partial charge in [-0.05, 0) is 57.2 Å². The molecule has 0 saturated heterocycles. The van der Waals surface area contributed by atoms with Gasteiger partial charge in [-0.25, -0.2) is 0 Å². The van der Waals surface area contributed by atoms with E-state index in [1.807, 2.05) is 20.8 Å². The zero-order valence-electron chi connectivity index (χ0n) is 18.3. The maximum atomic E-state index is 12.6. The minimum absolute atomic E-state index is 0.129. The zero-order chi connectivity index (χ0) is 22.6. The van der Waals surface area contributed by atoms with E-state index in [-0.39, 0.29) is 18.4 Å². The highest BCUT2D eigenvalue weighted by atomic mass is 16.5. The van der Waals surface area contributed by atoms with Gasteiger partial charge in [0.05, 0.1) is 26.4 Å². The largest absolute Gasteiger partial charge is 0.490 e. The van der Waals surface area contributed by atoms with Gasteiger partial charge >= 0.3 is 0 Å². The molecule has 0 atom stereocenters. The molecule has 0 radical (unpaired) electrons. The van der Waals surface area contributed by atoms with Crippen molar-refractivity contribution < 1.29 is 23.8 Å². The predicted molar refractivity (Wildman–Crippen MR) is 120 cm³/mol. The van der Waals surface area contributed by atoms with Crippen molar-refractivity contribution in [3.8, 4) is 29.1 Å². The van der Waals surface area contributed by atoms with Gasteiger partial charge in [-0.3, -0.25) is 9.59 Å². The lowest BCUT2D eigenvalue weighted by Crippen LogP contribution is -2.23. The molecule has 7 nitrogen and oxygen atoms in total. The zero-order valence-corrected chi connectivity index (χ0v) is 18.3. The molecule has 2 aromatic rings. The van der Waals surface area contributed by atoms with Gasteiger partial charge in [0.25, 0.3) is 5.91 Å². The number of nitrogens with one attached hydrogen (secondary N) is 2. The molecule has 7 heteroatoms. The first-order valence-corrected chi connectivity index (χ1v) is 10.2. The van der Waals surface area contributed by atoms with E-state index in [0.717, 1.165) is 5.56 Å². The summed E-state index contributed by atoms with van der Waals surface area (Å²) in [5, 5.41) is 5.47. The Balaban J connectivity index is 2.08. The summed E-state index contributed by atoms with van der Waals surface area (Å²) in [5.41, 5.74) is 1.88. The molecule has 0 aliphatic carbocycles. The third-order valence-corrected chi connectivity index (χ3v) is 3.95. The van der Waals surface area contributed by atoms with E-state index < -0.39 is 0 Å². The fraction of sp³-hybridized carbons (Fsp3) is 0.333. The highest BCUT2D eigenvalue weighted by Crippen LogP contribution is 2.39. The van der Waals surface area contributed by atoms with Crippen molar-refractivity contribution in [2.75, 3.05) is 31.7 Å². The van der Waals surface area contributed by atoms with E-state index >= 15 is 0 Å². The molecule has 0 aliphatic rings. The normalized spacial score (nSPS) is 9.81. The van der Waals surface area contributed by atoms with Crippen LogP contribution in [0.5, 0.6) is 17.2 Å². The van der Waals surface area contributed by atoms with Crippen LogP contribution < -0.4 is 24.8 Å². The van der Waals surface area contributed by atoms with Gasteiger partial charge in [-0.2, -0.15) is 0 Å². The van der Waals surface area contributed by atoms with Gasteiger partial charge in [0.15, 0.2) is 11.5 Å². The summed E-state index contributed by atoms with van der Waals surface area (Å²) < 4.78 is 16.9.